The van der Waals surface area contributed by atoms with Crippen LogP contribution in [0.25, 0.3) is 0 Å². The molecule has 1 unspecified atom stereocenters. The highest BCUT2D eigenvalue weighted by Crippen LogP contribution is 2.02. The first-order valence-electron chi connectivity index (χ1n) is 6.45. The minimum Gasteiger partial charge on any atom is -0.391 e. The summed E-state index contributed by atoms with van der Waals surface area (Å²) in [4.78, 5) is 30.1. The van der Waals surface area contributed by atoms with E-state index in [4.69, 9.17) is 0 Å². The molecule has 1 aromatic heterocycles. The van der Waals surface area contributed by atoms with Crippen LogP contribution in [0.1, 0.15) is 36.8 Å². The number of amides is 1. The van der Waals surface area contributed by atoms with Crippen molar-refractivity contribution in [2.24, 2.45) is 0 Å². The zero-order valence-electron chi connectivity index (χ0n) is 11.6. The molecule has 1 atom stereocenters. The number of hydrogen-bond donors (Lipinski definition) is 3. The normalized spacial score (nSPS) is 12.2. The van der Waals surface area contributed by atoms with E-state index in [0.29, 0.717) is 29.9 Å². The molecule has 0 radical (unpaired) electrons. The standard InChI is InChI=1S/C13H21N3O3/c1-4-10(17)7-14-12(18)6-5-11-8(2)15-9(3)16-13(11)19/h10,17H,4-7H2,1-3H3,(H,14,18)(H,15,16,19). The first-order chi connectivity index (χ1) is 8.93. The first-order valence-corrected chi connectivity index (χ1v) is 6.45. The molecule has 19 heavy (non-hydrogen) atoms. The van der Waals surface area contributed by atoms with Gasteiger partial charge in [0.15, 0.2) is 0 Å². The van der Waals surface area contributed by atoms with E-state index < -0.39 is 6.10 Å². The molecule has 6 nitrogen and oxygen atoms in total. The van der Waals surface area contributed by atoms with Crippen molar-refractivity contribution in [1.82, 2.24) is 15.3 Å². The van der Waals surface area contributed by atoms with Crippen LogP contribution in [-0.4, -0.2) is 33.6 Å². The SMILES string of the molecule is CCC(O)CNC(=O)CCc1c(C)nc(C)[nH]c1=O. The number of carbonyl (C=O) groups excluding carboxylic acids is 1. The zero-order chi connectivity index (χ0) is 14.4. The molecule has 0 aromatic carbocycles. The minimum atomic E-state index is -0.518. The molecule has 3 N–H and O–H groups in total. The fourth-order valence-electron chi connectivity index (χ4n) is 1.75. The molecule has 0 bridgehead atoms. The van der Waals surface area contributed by atoms with Crippen molar-refractivity contribution in [3.05, 3.63) is 27.4 Å². The number of H-pyrrole nitrogens is 1. The van der Waals surface area contributed by atoms with Crippen LogP contribution in [0.3, 0.4) is 0 Å². The predicted molar refractivity (Wildman–Crippen MR) is 72.0 cm³/mol. The van der Waals surface area contributed by atoms with E-state index >= 15 is 0 Å². The Kier molecular flexibility index (Phi) is 5.69. The van der Waals surface area contributed by atoms with Gasteiger partial charge in [-0.1, -0.05) is 6.92 Å². The van der Waals surface area contributed by atoms with Gasteiger partial charge in [0.2, 0.25) is 5.91 Å². The van der Waals surface area contributed by atoms with Crippen LogP contribution in [0, 0.1) is 13.8 Å². The third-order valence-corrected chi connectivity index (χ3v) is 2.95. The molecule has 0 aliphatic rings. The molecule has 1 aromatic rings. The lowest BCUT2D eigenvalue weighted by molar-refractivity contribution is -0.121. The molecule has 106 valence electrons. The molecule has 6 heteroatoms. The molecule has 0 saturated carbocycles. The lowest BCUT2D eigenvalue weighted by atomic mass is 10.1. The Labute approximate surface area is 112 Å². The summed E-state index contributed by atoms with van der Waals surface area (Å²) >= 11 is 0. The van der Waals surface area contributed by atoms with Crippen LogP contribution < -0.4 is 10.9 Å². The molecule has 1 heterocycles. The van der Waals surface area contributed by atoms with Gasteiger partial charge < -0.3 is 15.4 Å². The first kappa shape index (κ1) is 15.4. The van der Waals surface area contributed by atoms with E-state index in [1.807, 2.05) is 6.92 Å². The van der Waals surface area contributed by atoms with Crippen LogP contribution in [0.2, 0.25) is 0 Å². The number of aliphatic hydroxyl groups is 1. The van der Waals surface area contributed by atoms with Crippen molar-refractivity contribution in [1.29, 1.82) is 0 Å². The number of aryl methyl sites for hydroxylation is 2. The average Bonchev–Trinajstić information content (AvgIpc) is 2.34. The maximum atomic E-state index is 11.7. The van der Waals surface area contributed by atoms with Gasteiger partial charge in [-0.3, -0.25) is 9.59 Å². The second kappa shape index (κ2) is 7.04. The Bertz CT molecular complexity index is 496. The van der Waals surface area contributed by atoms with Gasteiger partial charge in [-0.2, -0.15) is 0 Å². The van der Waals surface area contributed by atoms with Crippen molar-refractivity contribution >= 4 is 5.91 Å². The molecule has 0 aliphatic carbocycles. The molecule has 0 saturated heterocycles. The largest absolute Gasteiger partial charge is 0.391 e. The fraction of sp³-hybridized carbons (Fsp3) is 0.615. The van der Waals surface area contributed by atoms with Gasteiger partial charge in [-0.15, -0.1) is 0 Å². The van der Waals surface area contributed by atoms with Gasteiger partial charge in [-0.25, -0.2) is 4.98 Å². The summed E-state index contributed by atoms with van der Waals surface area (Å²) in [5.74, 6) is 0.397. The van der Waals surface area contributed by atoms with E-state index in [2.05, 4.69) is 15.3 Å². The second-order valence-corrected chi connectivity index (χ2v) is 4.58. The fourth-order valence-corrected chi connectivity index (χ4v) is 1.75. The maximum absolute atomic E-state index is 11.7. The van der Waals surface area contributed by atoms with Gasteiger partial charge in [0.05, 0.1) is 6.10 Å². The third-order valence-electron chi connectivity index (χ3n) is 2.95. The van der Waals surface area contributed by atoms with Gasteiger partial charge in [0.1, 0.15) is 5.82 Å². The molecule has 0 spiro atoms. The average molecular weight is 267 g/mol. The van der Waals surface area contributed by atoms with Gasteiger partial charge in [0.25, 0.3) is 5.56 Å². The molecular formula is C13H21N3O3. The summed E-state index contributed by atoms with van der Waals surface area (Å²) in [5, 5.41) is 12.0. The van der Waals surface area contributed by atoms with Gasteiger partial charge in [-0.05, 0) is 26.7 Å². The molecule has 1 amide bonds. The lowest BCUT2D eigenvalue weighted by Crippen LogP contribution is -2.32. The number of nitrogens with zero attached hydrogens (tertiary/aromatic N) is 1. The number of aromatic nitrogens is 2. The molecule has 0 aliphatic heterocycles. The van der Waals surface area contributed by atoms with Crippen LogP contribution in [0.5, 0.6) is 0 Å². The predicted octanol–water partition coefficient (Wildman–Crippen LogP) is 0.206. The van der Waals surface area contributed by atoms with Crippen molar-refractivity contribution in [2.75, 3.05) is 6.54 Å². The van der Waals surface area contributed by atoms with E-state index in [9.17, 15) is 14.7 Å². The highest BCUT2D eigenvalue weighted by molar-refractivity contribution is 5.76. The third kappa shape index (κ3) is 4.82. The monoisotopic (exact) mass is 267 g/mol. The van der Waals surface area contributed by atoms with Crippen LogP contribution in [0.4, 0.5) is 0 Å². The number of rotatable bonds is 6. The lowest BCUT2D eigenvalue weighted by Gasteiger charge is -2.09. The van der Waals surface area contributed by atoms with E-state index in [1.54, 1.807) is 13.8 Å². The topological polar surface area (TPSA) is 95.1 Å². The minimum absolute atomic E-state index is 0.174. The summed E-state index contributed by atoms with van der Waals surface area (Å²) in [6.45, 7) is 5.57. The Balaban J connectivity index is 2.53. The van der Waals surface area contributed by atoms with Gasteiger partial charge >= 0.3 is 0 Å². The van der Waals surface area contributed by atoms with Crippen molar-refractivity contribution in [3.63, 3.8) is 0 Å². The number of aliphatic hydroxyl groups excluding tert-OH is 1. The van der Waals surface area contributed by atoms with Crippen LogP contribution >= 0.6 is 0 Å². The van der Waals surface area contributed by atoms with Gasteiger partial charge in [0, 0.05) is 24.2 Å². The molecule has 1 rings (SSSR count). The van der Waals surface area contributed by atoms with Crippen LogP contribution in [-0.2, 0) is 11.2 Å². The quantitative estimate of drug-likeness (QED) is 0.686. The number of carbonyl (C=O) groups is 1. The number of hydrogen-bond acceptors (Lipinski definition) is 4. The highest BCUT2D eigenvalue weighted by Gasteiger charge is 2.10. The van der Waals surface area contributed by atoms with E-state index in [1.165, 1.54) is 0 Å². The maximum Gasteiger partial charge on any atom is 0.254 e. The number of aromatic amines is 1. The summed E-state index contributed by atoms with van der Waals surface area (Å²) in [6.07, 6.45) is 0.643. The summed E-state index contributed by atoms with van der Waals surface area (Å²) < 4.78 is 0. The highest BCUT2D eigenvalue weighted by atomic mass is 16.3. The summed E-state index contributed by atoms with van der Waals surface area (Å²) in [6, 6.07) is 0. The Morgan fingerprint density at radius 2 is 2.16 bits per heavy atom. The smallest absolute Gasteiger partial charge is 0.254 e. The Morgan fingerprint density at radius 3 is 2.74 bits per heavy atom. The second-order valence-electron chi connectivity index (χ2n) is 4.58. The molecule has 0 fully saturated rings. The van der Waals surface area contributed by atoms with E-state index in [0.717, 1.165) is 0 Å². The van der Waals surface area contributed by atoms with E-state index in [-0.39, 0.29) is 24.4 Å². The van der Waals surface area contributed by atoms with Crippen molar-refractivity contribution in [2.45, 2.75) is 46.1 Å². The summed E-state index contributed by atoms with van der Waals surface area (Å²) in [7, 11) is 0. The summed E-state index contributed by atoms with van der Waals surface area (Å²) in [5.41, 5.74) is 1.01. The van der Waals surface area contributed by atoms with Crippen molar-refractivity contribution < 1.29 is 9.90 Å². The Hall–Kier alpha value is -1.69. The zero-order valence-corrected chi connectivity index (χ0v) is 11.6. The van der Waals surface area contributed by atoms with Crippen LogP contribution in [0.15, 0.2) is 4.79 Å². The molecular weight excluding hydrogens is 246 g/mol. The number of nitrogens with one attached hydrogen (secondary N) is 2. The Morgan fingerprint density at radius 1 is 1.47 bits per heavy atom. The van der Waals surface area contributed by atoms with Crippen molar-refractivity contribution in [3.8, 4) is 0 Å².